The summed E-state index contributed by atoms with van der Waals surface area (Å²) in [6.07, 6.45) is 13.8. The third-order valence-electron chi connectivity index (χ3n) is 6.60. The van der Waals surface area contributed by atoms with Crippen molar-refractivity contribution in [1.82, 2.24) is 19.7 Å². The van der Waals surface area contributed by atoms with Crippen molar-refractivity contribution in [2.24, 2.45) is 5.92 Å². The predicted molar refractivity (Wildman–Crippen MR) is 129 cm³/mol. The summed E-state index contributed by atoms with van der Waals surface area (Å²) in [5.74, 6) is 1.81. The van der Waals surface area contributed by atoms with Gasteiger partial charge >= 0.3 is 5.97 Å². The minimum atomic E-state index is -0.931. The summed E-state index contributed by atoms with van der Waals surface area (Å²) in [5, 5.41) is 14.4. The molecule has 1 aliphatic rings. The third-order valence-corrected chi connectivity index (χ3v) is 6.60. The predicted octanol–water partition coefficient (Wildman–Crippen LogP) is 5.94. The maximum Gasteiger partial charge on any atom is 0.336 e. The summed E-state index contributed by atoms with van der Waals surface area (Å²) in [4.78, 5) is 21.1. The van der Waals surface area contributed by atoms with Crippen molar-refractivity contribution in [2.75, 3.05) is 0 Å². The second-order valence-corrected chi connectivity index (χ2v) is 9.16. The normalized spacial score (nSPS) is 14.5. The number of aryl methyl sites for hydroxylation is 1. The Kier molecular flexibility index (Phi) is 7.87. The fourth-order valence-electron chi connectivity index (χ4n) is 4.76. The Hall–Kier alpha value is -3.02. The second kappa shape index (κ2) is 11.2. The molecule has 4 rings (SSSR count). The quantitative estimate of drug-likeness (QED) is 0.390. The minimum absolute atomic E-state index is 0.286. The van der Waals surface area contributed by atoms with E-state index in [2.05, 4.69) is 11.9 Å². The smallest absolute Gasteiger partial charge is 0.336 e. The molecule has 0 radical (unpaired) electrons. The summed E-state index contributed by atoms with van der Waals surface area (Å²) >= 11 is 0. The molecule has 0 spiro atoms. The third kappa shape index (κ3) is 6.06. The number of hydrogen-bond donors (Lipinski definition) is 1. The Labute approximate surface area is 196 Å². The van der Waals surface area contributed by atoms with Crippen LogP contribution in [0.5, 0.6) is 0 Å². The van der Waals surface area contributed by atoms with Gasteiger partial charge in [0.2, 0.25) is 0 Å². The zero-order valence-corrected chi connectivity index (χ0v) is 19.5. The van der Waals surface area contributed by atoms with Gasteiger partial charge in [-0.1, -0.05) is 76.1 Å². The highest BCUT2D eigenvalue weighted by Crippen LogP contribution is 2.26. The van der Waals surface area contributed by atoms with Gasteiger partial charge in [0.15, 0.2) is 5.82 Å². The average molecular weight is 447 g/mol. The van der Waals surface area contributed by atoms with Gasteiger partial charge in [-0.15, -0.1) is 0 Å². The molecule has 1 aromatic carbocycles. The van der Waals surface area contributed by atoms with Gasteiger partial charge in [-0.25, -0.2) is 14.5 Å². The number of hydrogen-bond acceptors (Lipinski definition) is 4. The van der Waals surface area contributed by atoms with Crippen molar-refractivity contribution in [3.63, 3.8) is 0 Å². The molecule has 174 valence electrons. The van der Waals surface area contributed by atoms with Gasteiger partial charge in [-0.3, -0.25) is 4.98 Å². The van der Waals surface area contributed by atoms with E-state index in [1.807, 2.05) is 28.9 Å². The fourth-order valence-corrected chi connectivity index (χ4v) is 4.76. The first-order valence-electron chi connectivity index (χ1n) is 12.3. The molecule has 6 heteroatoms. The fraction of sp³-hybridized carbons (Fsp3) is 0.481. The molecular weight excluding hydrogens is 412 g/mol. The molecule has 0 bridgehead atoms. The molecule has 1 saturated carbocycles. The van der Waals surface area contributed by atoms with E-state index < -0.39 is 5.97 Å². The largest absolute Gasteiger partial charge is 0.478 e. The van der Waals surface area contributed by atoms with Crippen molar-refractivity contribution in [1.29, 1.82) is 0 Å². The highest BCUT2D eigenvalue weighted by Gasteiger charge is 2.18. The van der Waals surface area contributed by atoms with Crippen LogP contribution in [0.1, 0.15) is 86.0 Å². The first-order valence-corrected chi connectivity index (χ1v) is 12.3. The van der Waals surface area contributed by atoms with Crippen LogP contribution in [0.25, 0.3) is 11.1 Å². The van der Waals surface area contributed by atoms with Crippen LogP contribution in [0, 0.1) is 5.92 Å². The van der Waals surface area contributed by atoms with Crippen LogP contribution in [0.2, 0.25) is 0 Å². The highest BCUT2D eigenvalue weighted by molar-refractivity contribution is 5.95. The van der Waals surface area contributed by atoms with Crippen molar-refractivity contribution < 1.29 is 9.90 Å². The molecule has 0 unspecified atom stereocenters. The summed E-state index contributed by atoms with van der Waals surface area (Å²) in [6.45, 7) is 2.80. The molecular formula is C27H34N4O2. The van der Waals surface area contributed by atoms with Gasteiger partial charge in [0.25, 0.3) is 0 Å². The van der Waals surface area contributed by atoms with E-state index in [-0.39, 0.29) is 5.56 Å². The molecule has 2 aromatic heterocycles. The first kappa shape index (κ1) is 23.1. The molecule has 6 nitrogen and oxygen atoms in total. The maximum absolute atomic E-state index is 11.6. The van der Waals surface area contributed by atoms with E-state index in [1.165, 1.54) is 44.9 Å². The topological polar surface area (TPSA) is 80.9 Å². The van der Waals surface area contributed by atoms with E-state index in [0.29, 0.717) is 18.0 Å². The number of aromatic nitrogens is 4. The lowest BCUT2D eigenvalue weighted by molar-refractivity contribution is 0.0697. The van der Waals surface area contributed by atoms with E-state index in [0.717, 1.165) is 42.2 Å². The molecule has 2 heterocycles. The number of carboxylic acids is 1. The number of unbranched alkanes of at least 4 members (excludes halogenated alkanes) is 2. The summed E-state index contributed by atoms with van der Waals surface area (Å²) in [7, 11) is 0. The Balaban J connectivity index is 1.51. The number of carbonyl (C=O) groups is 1. The van der Waals surface area contributed by atoms with Crippen LogP contribution in [0.3, 0.4) is 0 Å². The molecule has 0 amide bonds. The Bertz CT molecular complexity index is 1050. The maximum atomic E-state index is 11.6. The Morgan fingerprint density at radius 3 is 2.64 bits per heavy atom. The van der Waals surface area contributed by atoms with Crippen LogP contribution in [0.15, 0.2) is 42.6 Å². The number of benzene rings is 1. The van der Waals surface area contributed by atoms with Gasteiger partial charge in [0.1, 0.15) is 5.82 Å². The van der Waals surface area contributed by atoms with Crippen LogP contribution in [-0.4, -0.2) is 30.8 Å². The molecule has 0 atom stereocenters. The second-order valence-electron chi connectivity index (χ2n) is 9.16. The van der Waals surface area contributed by atoms with Crippen molar-refractivity contribution in [3.8, 4) is 11.1 Å². The van der Waals surface area contributed by atoms with Gasteiger partial charge < -0.3 is 5.11 Å². The van der Waals surface area contributed by atoms with E-state index in [4.69, 9.17) is 10.1 Å². The van der Waals surface area contributed by atoms with Crippen LogP contribution in [0.4, 0.5) is 0 Å². The molecule has 1 aliphatic carbocycles. The van der Waals surface area contributed by atoms with Crippen molar-refractivity contribution in [3.05, 3.63) is 65.5 Å². The lowest BCUT2D eigenvalue weighted by Gasteiger charge is -2.19. The lowest BCUT2D eigenvalue weighted by atomic mass is 9.87. The average Bonchev–Trinajstić information content (AvgIpc) is 3.21. The molecule has 0 saturated heterocycles. The molecule has 33 heavy (non-hydrogen) atoms. The Morgan fingerprint density at radius 1 is 1.09 bits per heavy atom. The number of pyridine rings is 1. The summed E-state index contributed by atoms with van der Waals surface area (Å²) in [5.41, 5.74) is 2.67. The van der Waals surface area contributed by atoms with Crippen molar-refractivity contribution >= 4 is 5.97 Å². The van der Waals surface area contributed by atoms with Crippen LogP contribution in [-0.2, 0) is 19.4 Å². The first-order chi connectivity index (χ1) is 16.1. The minimum Gasteiger partial charge on any atom is -0.478 e. The van der Waals surface area contributed by atoms with Crippen LogP contribution >= 0.6 is 0 Å². The Morgan fingerprint density at radius 2 is 1.91 bits per heavy atom. The van der Waals surface area contributed by atoms with Gasteiger partial charge in [0.05, 0.1) is 17.8 Å². The highest BCUT2D eigenvalue weighted by atomic mass is 16.4. The zero-order chi connectivity index (χ0) is 23.0. The molecule has 3 aromatic rings. The summed E-state index contributed by atoms with van der Waals surface area (Å²) in [6, 6.07) is 10.9. The zero-order valence-electron chi connectivity index (χ0n) is 19.5. The van der Waals surface area contributed by atoms with Gasteiger partial charge in [-0.2, -0.15) is 5.10 Å². The standard InChI is InChI=1S/C27H34N4O2/c1-2-3-5-14-26-29-25(17-20-10-6-4-7-11-20)30-31(26)19-22-16-15-21(18-28-22)23-12-8-9-13-24(23)27(32)33/h8-9,12-13,15-16,18,20H,2-7,10-11,14,17,19H2,1H3,(H,32,33). The van der Waals surface area contributed by atoms with E-state index in [1.54, 1.807) is 18.3 Å². The van der Waals surface area contributed by atoms with Crippen LogP contribution < -0.4 is 0 Å². The van der Waals surface area contributed by atoms with E-state index in [9.17, 15) is 9.90 Å². The summed E-state index contributed by atoms with van der Waals surface area (Å²) < 4.78 is 2.03. The monoisotopic (exact) mass is 446 g/mol. The molecule has 0 aliphatic heterocycles. The number of aromatic carboxylic acids is 1. The van der Waals surface area contributed by atoms with Gasteiger partial charge in [-0.05, 0) is 30.0 Å². The molecule has 1 N–H and O–H groups in total. The lowest BCUT2D eigenvalue weighted by Crippen LogP contribution is -2.11. The number of rotatable bonds is 10. The number of nitrogens with zero attached hydrogens (tertiary/aromatic N) is 4. The SMILES string of the molecule is CCCCCc1nc(CC2CCCCC2)nn1Cc1ccc(-c2ccccc2C(=O)O)cn1. The van der Waals surface area contributed by atoms with Crippen molar-refractivity contribution in [2.45, 2.75) is 77.7 Å². The van der Waals surface area contributed by atoms with E-state index >= 15 is 0 Å². The molecule has 1 fully saturated rings. The number of carboxylic acid groups (broad SMARTS) is 1. The van der Waals surface area contributed by atoms with Gasteiger partial charge in [0, 0.05) is 24.6 Å².